The summed E-state index contributed by atoms with van der Waals surface area (Å²) in [5.41, 5.74) is 0. The predicted molar refractivity (Wildman–Crippen MR) is 178 cm³/mol. The van der Waals surface area contributed by atoms with E-state index < -0.39 is 0 Å². The van der Waals surface area contributed by atoms with Crippen molar-refractivity contribution in [1.82, 2.24) is 0 Å². The Bertz CT molecular complexity index is 2340. The molecule has 0 unspecified atom stereocenters. The van der Waals surface area contributed by atoms with E-state index in [2.05, 4.69) is 107 Å². The van der Waals surface area contributed by atoms with Crippen molar-refractivity contribution in [1.29, 1.82) is 0 Å². The summed E-state index contributed by atoms with van der Waals surface area (Å²) in [6.45, 7) is 0. The van der Waals surface area contributed by atoms with Crippen LogP contribution in [0.1, 0.15) is 0 Å². The van der Waals surface area contributed by atoms with E-state index in [0.717, 1.165) is 0 Å². The van der Waals surface area contributed by atoms with E-state index in [4.69, 9.17) is 0 Å². The van der Waals surface area contributed by atoms with Crippen molar-refractivity contribution in [2.24, 2.45) is 0 Å². The highest BCUT2D eigenvalue weighted by Crippen LogP contribution is 2.53. The van der Waals surface area contributed by atoms with Gasteiger partial charge in [-0.3, -0.25) is 0 Å². The molecule has 0 radical (unpaired) electrons. The van der Waals surface area contributed by atoms with Crippen LogP contribution < -0.4 is 0 Å². The molecule has 0 nitrogen and oxygen atoms in total. The second-order valence-corrected chi connectivity index (χ2v) is 13.1. The molecule has 0 aliphatic heterocycles. The van der Waals surface area contributed by atoms with Crippen LogP contribution in [-0.2, 0) is 0 Å². The third-order valence-electron chi connectivity index (χ3n) is 8.64. The second-order valence-electron chi connectivity index (χ2n) is 10.4. The van der Waals surface area contributed by atoms with E-state index >= 15 is 0 Å². The maximum absolute atomic E-state index is 2.35. The van der Waals surface area contributed by atoms with Crippen LogP contribution in [0.4, 0.5) is 0 Å². The van der Waals surface area contributed by atoms with Gasteiger partial charge in [0.05, 0.1) is 0 Å². The summed E-state index contributed by atoms with van der Waals surface area (Å²) in [4.78, 5) is 0. The maximum Gasteiger partial charge on any atom is 0.0434 e. The Kier molecular flexibility index (Phi) is 3.93. The number of rotatable bonds is 0. The van der Waals surface area contributed by atoms with Gasteiger partial charge >= 0.3 is 0 Å². The highest BCUT2D eigenvalue weighted by Gasteiger charge is 2.24. The highest BCUT2D eigenvalue weighted by molar-refractivity contribution is 7.20. The second kappa shape index (κ2) is 7.34. The van der Waals surface area contributed by atoms with Crippen molar-refractivity contribution in [2.45, 2.75) is 0 Å². The molecule has 0 atom stereocenters. The van der Waals surface area contributed by atoms with Gasteiger partial charge < -0.3 is 0 Å². The average molecular weight is 547 g/mol. The Morgan fingerprint density at radius 3 is 0.846 bits per heavy atom. The topological polar surface area (TPSA) is 0 Å². The van der Waals surface area contributed by atoms with Gasteiger partial charge in [0, 0.05) is 62.6 Å². The normalized spacial score (nSPS) is 12.6. The predicted octanol–water partition coefficient (Wildman–Crippen LogP) is 12.2. The molecule has 0 bridgehead atoms. The van der Waals surface area contributed by atoms with Crippen LogP contribution in [0.15, 0.2) is 107 Å². The Morgan fingerprint density at radius 2 is 0.538 bits per heavy atom. The van der Waals surface area contributed by atoms with Crippen molar-refractivity contribution in [3.05, 3.63) is 107 Å². The molecule has 0 aliphatic carbocycles. The molecule has 39 heavy (non-hydrogen) atoms. The van der Waals surface area contributed by atoms with E-state index in [1.165, 1.54) is 94.9 Å². The first kappa shape index (κ1) is 20.9. The minimum atomic E-state index is 1.35. The Morgan fingerprint density at radius 1 is 0.256 bits per heavy atom. The summed E-state index contributed by atoms with van der Waals surface area (Å²) >= 11 is 5.67. The standard InChI is InChI=1S/C36H18S3/c1-4-10-22-19(7-1)25-13-16-37-34(25)31-28(22)32-30(24-12-6-3-9-21(24)26-14-17-38-35(26)32)33-29(31)23-11-5-2-8-20(23)27-15-18-39-36(27)33/h1-18H. The van der Waals surface area contributed by atoms with Crippen molar-refractivity contribution in [3.8, 4) is 0 Å². The first-order valence-electron chi connectivity index (χ1n) is 13.2. The van der Waals surface area contributed by atoms with Gasteiger partial charge in [0.1, 0.15) is 0 Å². The molecular formula is C36H18S3. The minimum absolute atomic E-state index is 1.35. The molecule has 3 heterocycles. The van der Waals surface area contributed by atoms with Gasteiger partial charge in [0.25, 0.3) is 0 Å². The molecule has 10 rings (SSSR count). The fourth-order valence-corrected chi connectivity index (χ4v) is 10.1. The average Bonchev–Trinajstić information content (AvgIpc) is 3.77. The third-order valence-corrected chi connectivity index (χ3v) is 11.4. The molecule has 0 N–H and O–H groups in total. The van der Waals surface area contributed by atoms with E-state index in [9.17, 15) is 0 Å². The monoisotopic (exact) mass is 546 g/mol. The van der Waals surface area contributed by atoms with Gasteiger partial charge in [-0.25, -0.2) is 0 Å². The highest BCUT2D eigenvalue weighted by atomic mass is 32.1. The van der Waals surface area contributed by atoms with E-state index in [0.29, 0.717) is 0 Å². The molecule has 3 heteroatoms. The molecule has 180 valence electrons. The van der Waals surface area contributed by atoms with Crippen molar-refractivity contribution in [2.75, 3.05) is 0 Å². The lowest BCUT2D eigenvalue weighted by molar-refractivity contribution is 1.83. The molecule has 0 aliphatic rings. The lowest BCUT2D eigenvalue weighted by Gasteiger charge is -2.19. The Hall–Kier alpha value is -4.02. The van der Waals surface area contributed by atoms with Crippen molar-refractivity contribution >= 4 is 129 Å². The summed E-state index contributed by atoms with van der Waals surface area (Å²) in [5, 5.41) is 27.5. The van der Waals surface area contributed by atoms with Gasteiger partial charge in [-0.2, -0.15) is 0 Å². The first-order chi connectivity index (χ1) is 19.4. The zero-order chi connectivity index (χ0) is 25.2. The van der Waals surface area contributed by atoms with Gasteiger partial charge in [-0.1, -0.05) is 72.8 Å². The van der Waals surface area contributed by atoms with Crippen LogP contribution in [0.3, 0.4) is 0 Å². The van der Waals surface area contributed by atoms with E-state index in [1.807, 2.05) is 34.0 Å². The number of benzene rings is 7. The SMILES string of the molecule is c1ccc2c(c1)c1ccsc1c1c2c2c3sccc3c3ccccc3c2c2c3sccc3c3ccccc3c12. The Labute approximate surface area is 234 Å². The van der Waals surface area contributed by atoms with Crippen LogP contribution in [-0.4, -0.2) is 0 Å². The van der Waals surface area contributed by atoms with Gasteiger partial charge in [0.15, 0.2) is 0 Å². The zero-order valence-corrected chi connectivity index (χ0v) is 23.1. The van der Waals surface area contributed by atoms with E-state index in [-0.39, 0.29) is 0 Å². The molecule has 0 fully saturated rings. The molecule has 3 aromatic heterocycles. The van der Waals surface area contributed by atoms with Crippen LogP contribution in [0, 0.1) is 0 Å². The summed E-state index contributed by atoms with van der Waals surface area (Å²) in [6.07, 6.45) is 0. The van der Waals surface area contributed by atoms with Gasteiger partial charge in [-0.15, -0.1) is 34.0 Å². The minimum Gasteiger partial charge on any atom is -0.143 e. The lowest BCUT2D eigenvalue weighted by atomic mass is 9.85. The fraction of sp³-hybridized carbons (Fsp3) is 0. The molecule has 0 amide bonds. The fourth-order valence-electron chi connectivity index (χ4n) is 7.19. The first-order valence-corrected chi connectivity index (χ1v) is 15.8. The zero-order valence-electron chi connectivity index (χ0n) is 20.6. The molecule has 10 aromatic rings. The number of fused-ring (bicyclic) bond motifs is 21. The third kappa shape index (κ3) is 2.45. The molecule has 7 aromatic carbocycles. The van der Waals surface area contributed by atoms with Crippen molar-refractivity contribution < 1.29 is 0 Å². The van der Waals surface area contributed by atoms with Crippen molar-refractivity contribution in [3.63, 3.8) is 0 Å². The summed E-state index contributed by atoms with van der Waals surface area (Å²) in [6, 6.07) is 34.2. The summed E-state index contributed by atoms with van der Waals surface area (Å²) in [5.74, 6) is 0. The van der Waals surface area contributed by atoms with Gasteiger partial charge in [-0.05, 0) is 66.7 Å². The molecule has 0 spiro atoms. The summed E-state index contributed by atoms with van der Waals surface area (Å²) < 4.78 is 4.19. The van der Waals surface area contributed by atoms with Crippen LogP contribution >= 0.6 is 34.0 Å². The number of thiophene rings is 3. The largest absolute Gasteiger partial charge is 0.143 e. The maximum atomic E-state index is 2.35. The van der Waals surface area contributed by atoms with Crippen LogP contribution in [0.2, 0.25) is 0 Å². The van der Waals surface area contributed by atoms with Crippen LogP contribution in [0.25, 0.3) is 94.9 Å². The Balaban J connectivity index is 1.77. The number of hydrogen-bond acceptors (Lipinski definition) is 3. The number of hydrogen-bond donors (Lipinski definition) is 0. The van der Waals surface area contributed by atoms with Gasteiger partial charge in [0.2, 0.25) is 0 Å². The lowest BCUT2D eigenvalue weighted by Crippen LogP contribution is -1.90. The summed E-state index contributed by atoms with van der Waals surface area (Å²) in [7, 11) is 0. The smallest absolute Gasteiger partial charge is 0.0434 e. The quantitative estimate of drug-likeness (QED) is 0.166. The molecular weight excluding hydrogens is 529 g/mol. The molecule has 0 saturated heterocycles. The van der Waals surface area contributed by atoms with E-state index in [1.54, 1.807) is 0 Å². The molecule has 0 saturated carbocycles. The van der Waals surface area contributed by atoms with Crippen LogP contribution in [0.5, 0.6) is 0 Å².